The van der Waals surface area contributed by atoms with E-state index in [4.69, 9.17) is 9.47 Å². The Morgan fingerprint density at radius 1 is 0.872 bits per heavy atom. The number of carbonyl (C=O) groups is 2. The highest BCUT2D eigenvalue weighted by atomic mass is 19.1. The maximum Gasteiger partial charge on any atom is 0.258 e. The molecule has 2 amide bonds. The first-order valence-corrected chi connectivity index (χ1v) is 12.6. The van der Waals surface area contributed by atoms with Gasteiger partial charge < -0.3 is 25.2 Å². The van der Waals surface area contributed by atoms with Crippen molar-refractivity contribution in [1.29, 1.82) is 0 Å². The molecule has 204 valence electrons. The number of aliphatic hydroxyl groups excluding tert-OH is 1. The van der Waals surface area contributed by atoms with Crippen molar-refractivity contribution in [1.82, 2.24) is 31.0 Å². The summed E-state index contributed by atoms with van der Waals surface area (Å²) in [6.07, 6.45) is 4.12. The first-order chi connectivity index (χ1) is 18.7. The number of nitrogens with one attached hydrogen (secondary N) is 4. The molecule has 3 aliphatic rings. The van der Waals surface area contributed by atoms with Crippen LogP contribution in [-0.2, 0) is 9.59 Å². The minimum atomic E-state index is -0.888. The highest BCUT2D eigenvalue weighted by Crippen LogP contribution is 2.47. The summed E-state index contributed by atoms with van der Waals surface area (Å²) in [4.78, 5) is 25.4. The molecule has 4 aromatic rings. The molecule has 0 aliphatic heterocycles. The molecule has 1 atom stereocenters. The molecule has 7 rings (SSSR count). The fraction of sp³-hybridized carbons (Fsp3) is 0.385. The van der Waals surface area contributed by atoms with E-state index >= 15 is 0 Å². The number of rotatable bonds is 8. The number of aliphatic hydroxyl groups is 1. The van der Waals surface area contributed by atoms with Gasteiger partial charge in [0.15, 0.2) is 13.2 Å². The lowest BCUT2D eigenvalue weighted by atomic mass is 9.60. The second-order valence-electron chi connectivity index (χ2n) is 10.3. The lowest BCUT2D eigenvalue weighted by Crippen LogP contribution is -2.70. The van der Waals surface area contributed by atoms with E-state index in [0.29, 0.717) is 47.5 Å². The van der Waals surface area contributed by atoms with Crippen molar-refractivity contribution < 1.29 is 33.0 Å². The number of aromatic amines is 2. The average molecular weight is 541 g/mol. The summed E-state index contributed by atoms with van der Waals surface area (Å²) in [5, 5.41) is 30.4. The molecule has 0 unspecified atom stereocenters. The third-order valence-electron chi connectivity index (χ3n) is 7.82. The van der Waals surface area contributed by atoms with E-state index in [0.717, 1.165) is 0 Å². The third kappa shape index (κ3) is 4.73. The summed E-state index contributed by atoms with van der Waals surface area (Å²) in [6, 6.07) is 5.50. The molecule has 2 bridgehead atoms. The van der Waals surface area contributed by atoms with Crippen molar-refractivity contribution in [2.45, 2.75) is 49.3 Å². The summed E-state index contributed by atoms with van der Waals surface area (Å²) in [6.45, 7) is -0.668. The first-order valence-electron chi connectivity index (χ1n) is 12.6. The second-order valence-corrected chi connectivity index (χ2v) is 10.3. The van der Waals surface area contributed by atoms with Crippen LogP contribution < -0.4 is 20.1 Å². The van der Waals surface area contributed by atoms with Crippen molar-refractivity contribution in [2.24, 2.45) is 0 Å². The number of carbonyl (C=O) groups excluding carboxylic acids is 2. The monoisotopic (exact) mass is 540 g/mol. The predicted molar refractivity (Wildman–Crippen MR) is 134 cm³/mol. The lowest BCUT2D eigenvalue weighted by molar-refractivity contribution is -0.137. The lowest BCUT2D eigenvalue weighted by Gasteiger charge is -2.56. The molecule has 0 radical (unpaired) electrons. The van der Waals surface area contributed by atoms with Gasteiger partial charge in [-0.25, -0.2) is 8.78 Å². The zero-order chi connectivity index (χ0) is 27.2. The highest BCUT2D eigenvalue weighted by molar-refractivity contribution is 5.82. The van der Waals surface area contributed by atoms with Crippen LogP contribution in [0.2, 0.25) is 0 Å². The molecule has 0 saturated heterocycles. The van der Waals surface area contributed by atoms with E-state index in [2.05, 4.69) is 31.0 Å². The van der Waals surface area contributed by atoms with Crippen LogP contribution in [0.15, 0.2) is 36.7 Å². The van der Waals surface area contributed by atoms with Gasteiger partial charge in [-0.15, -0.1) is 0 Å². The highest BCUT2D eigenvalue weighted by Gasteiger charge is 2.55. The Bertz CT molecular complexity index is 1560. The second kappa shape index (κ2) is 9.49. The van der Waals surface area contributed by atoms with Crippen molar-refractivity contribution in [3.05, 3.63) is 48.3 Å². The molecule has 2 aromatic heterocycles. The largest absolute Gasteiger partial charge is 0.484 e. The molecule has 2 aromatic carbocycles. The molecule has 3 fully saturated rings. The number of fused-ring (bicyclic) bond motifs is 5. The van der Waals surface area contributed by atoms with Crippen LogP contribution in [-0.4, -0.2) is 67.7 Å². The topological polar surface area (TPSA) is 154 Å². The molecule has 5 N–H and O–H groups in total. The average Bonchev–Trinajstić information content (AvgIpc) is 3.58. The maximum atomic E-state index is 14.1. The number of hydrogen-bond acceptors (Lipinski definition) is 7. The van der Waals surface area contributed by atoms with Crippen LogP contribution in [0.25, 0.3) is 21.8 Å². The minimum Gasteiger partial charge on any atom is -0.484 e. The Labute approximate surface area is 220 Å². The Balaban J connectivity index is 1.02. The fourth-order valence-electron chi connectivity index (χ4n) is 5.74. The molecule has 3 aliphatic carbocycles. The number of hydrogen-bond donors (Lipinski definition) is 5. The van der Waals surface area contributed by atoms with Gasteiger partial charge in [-0.3, -0.25) is 19.8 Å². The number of nitrogens with zero attached hydrogens (tertiary/aromatic N) is 2. The van der Waals surface area contributed by atoms with Crippen LogP contribution in [0.4, 0.5) is 8.78 Å². The normalized spacial score (nSPS) is 24.1. The number of aromatic nitrogens is 4. The van der Waals surface area contributed by atoms with Crippen molar-refractivity contribution in [3.8, 4) is 11.5 Å². The van der Waals surface area contributed by atoms with E-state index in [1.165, 1.54) is 24.5 Å². The van der Waals surface area contributed by atoms with Gasteiger partial charge in [0.25, 0.3) is 11.8 Å². The molecule has 39 heavy (non-hydrogen) atoms. The van der Waals surface area contributed by atoms with E-state index in [9.17, 15) is 23.5 Å². The standard InChI is InChI=1S/C26H26F2N6O5/c27-18-5-14(7-20-16(18)10-29-33-20)38-12-23(36)31-25-1-3-26(4-2-25,22(35)9-25)32-24(37)13-39-15-6-19(28)17-11-30-34-21(17)8-15/h5-8,10-11,22,35H,1-4,9,12-13H2,(H,29,33)(H,30,34)(H,31,36)(H,32,37)/t22-,25?,26?/m0/s1. The quantitative estimate of drug-likeness (QED) is 0.230. The van der Waals surface area contributed by atoms with Gasteiger partial charge in [0.05, 0.1) is 45.8 Å². The number of halogens is 2. The van der Waals surface area contributed by atoms with Crippen LogP contribution in [0.1, 0.15) is 32.1 Å². The smallest absolute Gasteiger partial charge is 0.258 e. The van der Waals surface area contributed by atoms with Crippen LogP contribution in [0, 0.1) is 11.6 Å². The number of H-pyrrole nitrogens is 2. The van der Waals surface area contributed by atoms with E-state index in [1.54, 1.807) is 12.1 Å². The fourth-order valence-corrected chi connectivity index (χ4v) is 5.74. The van der Waals surface area contributed by atoms with E-state index < -0.39 is 34.7 Å². The molecule has 11 nitrogen and oxygen atoms in total. The van der Waals surface area contributed by atoms with Gasteiger partial charge >= 0.3 is 0 Å². The third-order valence-corrected chi connectivity index (χ3v) is 7.82. The van der Waals surface area contributed by atoms with Gasteiger partial charge in [-0.05, 0) is 32.1 Å². The predicted octanol–water partition coefficient (Wildman–Crippen LogP) is 2.22. The minimum absolute atomic E-state index is 0.181. The Kier molecular flexibility index (Phi) is 6.09. The Hall–Kier alpha value is -4.26. The summed E-state index contributed by atoms with van der Waals surface area (Å²) in [7, 11) is 0. The van der Waals surface area contributed by atoms with Gasteiger partial charge in [-0.1, -0.05) is 0 Å². The summed E-state index contributed by atoms with van der Waals surface area (Å²) in [5.74, 6) is -1.47. The Morgan fingerprint density at radius 2 is 1.38 bits per heavy atom. The number of benzene rings is 2. The van der Waals surface area contributed by atoms with Crippen LogP contribution in [0.3, 0.4) is 0 Å². The van der Waals surface area contributed by atoms with E-state index in [1.807, 2.05) is 0 Å². The zero-order valence-electron chi connectivity index (χ0n) is 20.7. The van der Waals surface area contributed by atoms with Crippen molar-refractivity contribution in [3.63, 3.8) is 0 Å². The maximum absolute atomic E-state index is 14.1. The van der Waals surface area contributed by atoms with Crippen molar-refractivity contribution in [2.75, 3.05) is 13.2 Å². The van der Waals surface area contributed by atoms with Crippen molar-refractivity contribution >= 4 is 33.6 Å². The molecular weight excluding hydrogens is 514 g/mol. The van der Waals surface area contributed by atoms with Gasteiger partial charge in [0, 0.05) is 29.8 Å². The number of amides is 2. The summed E-state index contributed by atoms with van der Waals surface area (Å²) >= 11 is 0. The summed E-state index contributed by atoms with van der Waals surface area (Å²) < 4.78 is 39.3. The molecule has 13 heteroatoms. The molecular formula is C26H26F2N6O5. The Morgan fingerprint density at radius 3 is 1.90 bits per heavy atom. The van der Waals surface area contributed by atoms with Gasteiger partial charge in [0.2, 0.25) is 0 Å². The zero-order valence-corrected chi connectivity index (χ0v) is 20.7. The van der Waals surface area contributed by atoms with E-state index in [-0.39, 0.29) is 37.0 Å². The first kappa shape index (κ1) is 25.0. The number of ether oxygens (including phenoxy) is 2. The van der Waals surface area contributed by atoms with Crippen LogP contribution in [0.5, 0.6) is 11.5 Å². The molecule has 3 saturated carbocycles. The summed E-state index contributed by atoms with van der Waals surface area (Å²) in [5.41, 5.74) is -0.549. The van der Waals surface area contributed by atoms with Gasteiger partial charge in [0.1, 0.15) is 23.1 Å². The SMILES string of the molecule is O=C(COc1cc(F)c2cn[nH]c2c1)NC12CCC(NC(=O)COc3cc(F)c4cn[nH]c4c3)(CC1)[C@@H](O)C2. The van der Waals surface area contributed by atoms with Gasteiger partial charge in [-0.2, -0.15) is 10.2 Å². The molecule has 2 heterocycles. The molecule has 0 spiro atoms. The van der Waals surface area contributed by atoms with Crippen LogP contribution >= 0.6 is 0 Å².